The normalized spacial score (nSPS) is 13.0. The summed E-state index contributed by atoms with van der Waals surface area (Å²) in [5.74, 6) is 4.78. The summed E-state index contributed by atoms with van der Waals surface area (Å²) >= 11 is 0. The summed E-state index contributed by atoms with van der Waals surface area (Å²) < 4.78 is 6.01. The lowest BCUT2D eigenvalue weighted by Gasteiger charge is -2.25. The number of hydrogen-bond donors (Lipinski definition) is 0. The second kappa shape index (κ2) is 7.55. The van der Waals surface area contributed by atoms with Crippen molar-refractivity contribution in [3.05, 3.63) is 29.3 Å². The first kappa shape index (κ1) is 17.6. The molecule has 0 saturated carbocycles. The van der Waals surface area contributed by atoms with E-state index in [1.54, 1.807) is 0 Å². The third-order valence-corrected chi connectivity index (χ3v) is 3.71. The van der Waals surface area contributed by atoms with E-state index >= 15 is 0 Å². The van der Waals surface area contributed by atoms with E-state index < -0.39 is 0 Å². The van der Waals surface area contributed by atoms with Crippen molar-refractivity contribution < 1.29 is 4.74 Å². The van der Waals surface area contributed by atoms with Gasteiger partial charge >= 0.3 is 0 Å². The van der Waals surface area contributed by atoms with E-state index in [0.29, 0.717) is 11.8 Å². The Bertz CT molecular complexity index is 486. The van der Waals surface area contributed by atoms with Crippen LogP contribution in [0, 0.1) is 18.3 Å². The molecule has 0 radical (unpaired) electrons. The van der Waals surface area contributed by atoms with Gasteiger partial charge in [0.1, 0.15) is 5.75 Å². The maximum atomic E-state index is 6.01. The van der Waals surface area contributed by atoms with Crippen LogP contribution in [0.5, 0.6) is 5.75 Å². The maximum absolute atomic E-state index is 6.01. The van der Waals surface area contributed by atoms with Crippen LogP contribution >= 0.6 is 0 Å². The van der Waals surface area contributed by atoms with Gasteiger partial charge < -0.3 is 4.74 Å². The molecule has 21 heavy (non-hydrogen) atoms. The van der Waals surface area contributed by atoms with Crippen LogP contribution in [0.15, 0.2) is 18.2 Å². The SMILES string of the molecule is C#CCC(CC)c1ccc(OCC(C)C)c(C(C)(C)C)c1. The van der Waals surface area contributed by atoms with E-state index in [2.05, 4.69) is 65.7 Å². The molecule has 0 aliphatic carbocycles. The van der Waals surface area contributed by atoms with Crippen molar-refractivity contribution in [3.8, 4) is 18.1 Å². The minimum Gasteiger partial charge on any atom is -0.493 e. The molecule has 1 rings (SSSR count). The predicted octanol–water partition coefficient (Wildman–Crippen LogP) is 5.54. The first-order valence-corrected chi connectivity index (χ1v) is 8.00. The summed E-state index contributed by atoms with van der Waals surface area (Å²) in [6, 6.07) is 6.59. The van der Waals surface area contributed by atoms with Crippen LogP contribution in [0.25, 0.3) is 0 Å². The molecular weight excluding hydrogens is 256 g/mol. The lowest BCUT2D eigenvalue weighted by molar-refractivity contribution is 0.264. The minimum absolute atomic E-state index is 0.0662. The van der Waals surface area contributed by atoms with Crippen LogP contribution in [0.4, 0.5) is 0 Å². The Balaban J connectivity index is 3.15. The zero-order valence-corrected chi connectivity index (χ0v) is 14.5. The summed E-state index contributed by atoms with van der Waals surface area (Å²) in [6.45, 7) is 14.0. The lowest BCUT2D eigenvalue weighted by atomic mass is 9.82. The lowest BCUT2D eigenvalue weighted by Crippen LogP contribution is -2.16. The van der Waals surface area contributed by atoms with E-state index in [1.165, 1.54) is 11.1 Å². The van der Waals surface area contributed by atoms with E-state index in [4.69, 9.17) is 11.2 Å². The Morgan fingerprint density at radius 3 is 2.38 bits per heavy atom. The Labute approximate surface area is 131 Å². The monoisotopic (exact) mass is 286 g/mol. The van der Waals surface area contributed by atoms with Crippen LogP contribution in [0.3, 0.4) is 0 Å². The molecule has 0 saturated heterocycles. The van der Waals surface area contributed by atoms with Crippen LogP contribution in [-0.2, 0) is 5.41 Å². The Kier molecular flexibility index (Phi) is 6.34. The van der Waals surface area contributed by atoms with E-state index in [1.807, 2.05) is 0 Å². The van der Waals surface area contributed by atoms with Crippen LogP contribution < -0.4 is 4.74 Å². The summed E-state index contributed by atoms with van der Waals surface area (Å²) in [5, 5.41) is 0. The number of terminal acetylenes is 1. The molecule has 0 N–H and O–H groups in total. The van der Waals surface area contributed by atoms with Gasteiger partial charge in [-0.1, -0.05) is 53.7 Å². The fourth-order valence-electron chi connectivity index (χ4n) is 2.41. The summed E-state index contributed by atoms with van der Waals surface area (Å²) in [4.78, 5) is 0. The molecular formula is C20H30O. The maximum Gasteiger partial charge on any atom is 0.123 e. The second-order valence-corrected chi connectivity index (χ2v) is 7.22. The molecule has 1 atom stereocenters. The molecule has 1 heteroatoms. The van der Waals surface area contributed by atoms with Gasteiger partial charge in [-0.3, -0.25) is 0 Å². The Morgan fingerprint density at radius 1 is 1.24 bits per heavy atom. The van der Waals surface area contributed by atoms with Crippen molar-refractivity contribution >= 4 is 0 Å². The zero-order valence-electron chi connectivity index (χ0n) is 14.5. The minimum atomic E-state index is 0.0662. The van der Waals surface area contributed by atoms with Gasteiger partial charge in [0.25, 0.3) is 0 Å². The van der Waals surface area contributed by atoms with Gasteiger partial charge in [0, 0.05) is 6.42 Å². The van der Waals surface area contributed by atoms with Crippen molar-refractivity contribution in [2.24, 2.45) is 5.92 Å². The van der Waals surface area contributed by atoms with E-state index in [0.717, 1.165) is 25.2 Å². The Hall–Kier alpha value is -1.42. The topological polar surface area (TPSA) is 9.23 Å². The molecule has 0 aliphatic rings. The third kappa shape index (κ3) is 5.12. The average molecular weight is 286 g/mol. The molecule has 0 bridgehead atoms. The molecule has 0 amide bonds. The highest BCUT2D eigenvalue weighted by molar-refractivity contribution is 5.43. The van der Waals surface area contributed by atoms with Gasteiger partial charge in [0.05, 0.1) is 6.61 Å². The molecule has 1 aromatic rings. The largest absolute Gasteiger partial charge is 0.493 e. The average Bonchev–Trinajstić information content (AvgIpc) is 2.41. The molecule has 1 nitrogen and oxygen atoms in total. The molecule has 1 unspecified atom stereocenters. The first-order valence-electron chi connectivity index (χ1n) is 8.00. The molecule has 0 spiro atoms. The van der Waals surface area contributed by atoms with Crippen LogP contribution in [0.2, 0.25) is 0 Å². The summed E-state index contributed by atoms with van der Waals surface area (Å²) in [7, 11) is 0. The number of ether oxygens (including phenoxy) is 1. The van der Waals surface area contributed by atoms with E-state index in [9.17, 15) is 0 Å². The molecule has 0 heterocycles. The van der Waals surface area contributed by atoms with Gasteiger partial charge in [-0.15, -0.1) is 12.3 Å². The standard InChI is InChI=1S/C20H30O/c1-8-10-16(9-2)17-11-12-19(21-14-15(3)4)18(13-17)20(5,6)7/h1,11-13,15-16H,9-10,14H2,2-7H3. The zero-order chi connectivity index (χ0) is 16.0. The third-order valence-electron chi connectivity index (χ3n) is 3.71. The smallest absolute Gasteiger partial charge is 0.123 e. The highest BCUT2D eigenvalue weighted by Crippen LogP contribution is 2.35. The van der Waals surface area contributed by atoms with Gasteiger partial charge in [0.15, 0.2) is 0 Å². The Morgan fingerprint density at radius 2 is 1.90 bits per heavy atom. The highest BCUT2D eigenvalue weighted by Gasteiger charge is 2.21. The number of benzene rings is 1. The second-order valence-electron chi connectivity index (χ2n) is 7.22. The van der Waals surface area contributed by atoms with Crippen molar-refractivity contribution in [2.75, 3.05) is 6.61 Å². The van der Waals surface area contributed by atoms with Crippen molar-refractivity contribution in [2.45, 2.75) is 65.7 Å². The molecule has 0 aromatic heterocycles. The van der Waals surface area contributed by atoms with Crippen LogP contribution in [0.1, 0.15) is 71.4 Å². The van der Waals surface area contributed by atoms with E-state index in [-0.39, 0.29) is 5.41 Å². The summed E-state index contributed by atoms with van der Waals surface area (Å²) in [6.07, 6.45) is 7.37. The molecule has 0 aliphatic heterocycles. The number of rotatable bonds is 6. The van der Waals surface area contributed by atoms with Crippen molar-refractivity contribution in [3.63, 3.8) is 0 Å². The fourth-order valence-corrected chi connectivity index (χ4v) is 2.41. The predicted molar refractivity (Wildman–Crippen MR) is 92.0 cm³/mol. The highest BCUT2D eigenvalue weighted by atomic mass is 16.5. The van der Waals surface area contributed by atoms with Gasteiger partial charge in [0.2, 0.25) is 0 Å². The van der Waals surface area contributed by atoms with Crippen LogP contribution in [-0.4, -0.2) is 6.61 Å². The van der Waals surface area contributed by atoms with Gasteiger partial charge in [-0.2, -0.15) is 0 Å². The van der Waals surface area contributed by atoms with Crippen molar-refractivity contribution in [1.29, 1.82) is 0 Å². The number of hydrogen-bond acceptors (Lipinski definition) is 1. The fraction of sp³-hybridized carbons (Fsp3) is 0.600. The van der Waals surface area contributed by atoms with Gasteiger partial charge in [-0.05, 0) is 40.9 Å². The quantitative estimate of drug-likeness (QED) is 0.624. The van der Waals surface area contributed by atoms with Gasteiger partial charge in [-0.25, -0.2) is 0 Å². The molecule has 0 fully saturated rings. The summed E-state index contributed by atoms with van der Waals surface area (Å²) in [5.41, 5.74) is 2.67. The molecule has 1 aromatic carbocycles. The first-order chi connectivity index (χ1) is 9.79. The van der Waals surface area contributed by atoms with Crippen molar-refractivity contribution in [1.82, 2.24) is 0 Å². The molecule has 116 valence electrons.